The summed E-state index contributed by atoms with van der Waals surface area (Å²) in [4.78, 5) is 172. The van der Waals surface area contributed by atoms with Gasteiger partial charge in [0.15, 0.2) is 0 Å². The molecule has 0 spiro atoms. The largest absolute Gasteiger partial charge is 0.391 e. The van der Waals surface area contributed by atoms with E-state index in [1.807, 2.05) is 41.5 Å². The molecule has 88 heavy (non-hydrogen) atoms. The molecule has 0 unspecified atom stereocenters. The number of hydrogen-bond acceptors (Lipinski definition) is 13. The minimum Gasteiger partial charge on any atom is -0.391 e. The quantitative estimate of drug-likeness (QED) is 0.209. The number of aliphatic hydroxyl groups excluding tert-OH is 1. The number of amides is 11. The molecule has 2 fully saturated rings. The van der Waals surface area contributed by atoms with Crippen LogP contribution in [0.25, 0.3) is 0 Å². The van der Waals surface area contributed by atoms with Gasteiger partial charge in [-0.3, -0.25) is 52.7 Å². The molecule has 0 radical (unpaired) electrons. The Morgan fingerprint density at radius 1 is 0.614 bits per heavy atom. The third kappa shape index (κ3) is 21.0. The molecule has 0 saturated carbocycles. The highest BCUT2D eigenvalue weighted by Crippen LogP contribution is 2.24. The first-order valence-corrected chi connectivity index (χ1v) is 31.4. The molecule has 2 saturated heterocycles. The number of benzene rings is 1. The molecule has 4 N–H and O–H groups in total. The van der Waals surface area contributed by atoms with Gasteiger partial charge >= 0.3 is 0 Å². The van der Waals surface area contributed by atoms with E-state index in [-0.39, 0.29) is 37.6 Å². The van der Waals surface area contributed by atoms with Crippen LogP contribution in [0.15, 0.2) is 30.3 Å². The molecule has 2 heterocycles. The van der Waals surface area contributed by atoms with Crippen molar-refractivity contribution in [2.75, 3.05) is 75.1 Å². The second kappa shape index (κ2) is 34.3. The molecular weight excluding hydrogens is 1130 g/mol. The Bertz CT molecular complexity index is 2550. The van der Waals surface area contributed by atoms with Crippen LogP contribution in [-0.4, -0.2) is 250 Å². The molecule has 1 aromatic carbocycles. The monoisotopic (exact) mass is 1240 g/mol. The van der Waals surface area contributed by atoms with Gasteiger partial charge in [0.2, 0.25) is 65.0 Å². The number of nitrogens with zero attached hydrogens (tertiary/aromatic N) is 8. The molecule has 2 aliphatic rings. The minimum absolute atomic E-state index is 0.00305. The summed E-state index contributed by atoms with van der Waals surface area (Å²) in [5, 5.41) is 19.4. The lowest BCUT2D eigenvalue weighted by Crippen LogP contribution is -2.62. The van der Waals surface area contributed by atoms with E-state index in [9.17, 15) is 48.3 Å². The van der Waals surface area contributed by atoms with E-state index < -0.39 is 157 Å². The van der Waals surface area contributed by atoms with Crippen molar-refractivity contribution in [3.05, 3.63) is 35.9 Å². The standard InChI is InChI=1S/C64H107N11O13/c1-20-30-75-37-52(78)70(16)48(33-39(3)4)56(80)67-53(44(10)76)63(87)69(15)43(9)59(83)71(17)49(34-40(5)6)61(85)73(19)54(41(7)21-2)57(81)66-47(38-88-64(11,12)13)55(79)65-46(60(84)74-31-26-23-27-32-74)36-51(77)68(14)42(8)58(82)72(18)50(62(75)86)35-45-28-24-22-25-29-45/h22,24-25,28-29,39-44,46-50,53-54,76H,20-21,23,26-27,30-38H2,1-19H3,(H,65,79)(H,66,81)(H,67,80)/t41-,42-,43-,44+,46-,47-,48-,49-,50-,53-,54-/m0/s1. The maximum absolute atomic E-state index is 15.1. The summed E-state index contributed by atoms with van der Waals surface area (Å²) in [6.07, 6.45) is 1.08. The Hall–Kier alpha value is -6.69. The third-order valence-electron chi connectivity index (χ3n) is 17.0. The first kappa shape index (κ1) is 75.6. The third-order valence-corrected chi connectivity index (χ3v) is 17.0. The van der Waals surface area contributed by atoms with Gasteiger partial charge in [-0.2, -0.15) is 0 Å². The van der Waals surface area contributed by atoms with Crippen molar-refractivity contribution in [2.45, 2.75) is 214 Å². The number of likely N-dealkylation sites (N-methyl/N-ethyl adjacent to an activating group) is 6. The molecule has 3 rings (SSSR count). The zero-order valence-corrected chi connectivity index (χ0v) is 56.2. The zero-order chi connectivity index (χ0) is 66.8. The highest BCUT2D eigenvalue weighted by atomic mass is 16.5. The number of likely N-dealkylation sites (tertiary alicyclic amines) is 1. The molecule has 2 aliphatic heterocycles. The number of aliphatic hydroxyl groups is 1. The molecule has 11 amide bonds. The van der Waals surface area contributed by atoms with Crippen LogP contribution in [0.3, 0.4) is 0 Å². The lowest BCUT2D eigenvalue weighted by Gasteiger charge is -2.39. The predicted octanol–water partition coefficient (Wildman–Crippen LogP) is 2.67. The average molecular weight is 1240 g/mol. The topological polar surface area (TPSA) is 279 Å². The summed E-state index contributed by atoms with van der Waals surface area (Å²) in [5.41, 5.74) is -0.162. The van der Waals surface area contributed by atoms with Gasteiger partial charge < -0.3 is 65.0 Å². The first-order chi connectivity index (χ1) is 41.0. The van der Waals surface area contributed by atoms with Gasteiger partial charge in [0.25, 0.3) is 0 Å². The van der Waals surface area contributed by atoms with E-state index >= 15 is 9.59 Å². The summed E-state index contributed by atoms with van der Waals surface area (Å²) in [6.45, 7) is 22.1. The Labute approximate surface area is 523 Å². The second-order valence-corrected chi connectivity index (χ2v) is 26.1. The fourth-order valence-corrected chi connectivity index (χ4v) is 11.0. The van der Waals surface area contributed by atoms with Crippen LogP contribution in [0.2, 0.25) is 0 Å². The van der Waals surface area contributed by atoms with Crippen molar-refractivity contribution in [1.29, 1.82) is 0 Å². The highest BCUT2D eigenvalue weighted by molar-refractivity contribution is 5.99. The van der Waals surface area contributed by atoms with Crippen LogP contribution in [0.1, 0.15) is 147 Å². The van der Waals surface area contributed by atoms with Crippen molar-refractivity contribution >= 4 is 65.0 Å². The van der Waals surface area contributed by atoms with Crippen molar-refractivity contribution in [3.63, 3.8) is 0 Å². The zero-order valence-electron chi connectivity index (χ0n) is 56.2. The van der Waals surface area contributed by atoms with Crippen molar-refractivity contribution in [2.24, 2.45) is 17.8 Å². The van der Waals surface area contributed by atoms with Gasteiger partial charge in [-0.1, -0.05) is 85.2 Å². The predicted molar refractivity (Wildman–Crippen MR) is 334 cm³/mol. The summed E-state index contributed by atoms with van der Waals surface area (Å²) in [6, 6.07) is -3.11. The van der Waals surface area contributed by atoms with Crippen molar-refractivity contribution in [1.82, 2.24) is 55.1 Å². The normalized spacial score (nSPS) is 26.1. The molecule has 0 aliphatic carbocycles. The first-order valence-electron chi connectivity index (χ1n) is 31.4. The fraction of sp³-hybridized carbons (Fsp3) is 0.734. The molecule has 11 atom stereocenters. The van der Waals surface area contributed by atoms with Gasteiger partial charge in [-0.05, 0) is 103 Å². The van der Waals surface area contributed by atoms with E-state index in [4.69, 9.17) is 4.74 Å². The summed E-state index contributed by atoms with van der Waals surface area (Å²) < 4.78 is 6.12. The SMILES string of the molecule is CCCN1CC(=O)N(C)[C@@H](CC(C)C)C(=O)N[C@@H]([C@@H](C)O)C(=O)N(C)[C@@H](C)C(=O)N(C)[C@@H](CC(C)C)C(=O)N(C)[C@@H]([C@@H](C)CC)C(=O)N[C@@H](COC(C)(C)C)C(=O)N[C@H](C(=O)N2CCCCC2)CC(=O)N(C)[C@@H](C)C(=O)N(C)[C@@H](Cc2ccccc2)C1=O. The van der Waals surface area contributed by atoms with Gasteiger partial charge in [0, 0.05) is 68.3 Å². The van der Waals surface area contributed by atoms with Crippen molar-refractivity contribution < 1.29 is 62.6 Å². The van der Waals surface area contributed by atoms with Gasteiger partial charge in [0.05, 0.1) is 31.3 Å². The van der Waals surface area contributed by atoms with E-state index in [2.05, 4.69) is 16.0 Å². The number of piperidine rings is 1. The minimum atomic E-state index is -1.63. The smallest absolute Gasteiger partial charge is 0.248 e. The molecular formula is C64H107N11O13. The van der Waals surface area contributed by atoms with Gasteiger partial charge in [-0.15, -0.1) is 0 Å². The highest BCUT2D eigenvalue weighted by Gasteiger charge is 2.44. The number of nitrogens with one attached hydrogen (secondary N) is 3. The summed E-state index contributed by atoms with van der Waals surface area (Å²) in [7, 11) is 8.40. The van der Waals surface area contributed by atoms with Crippen LogP contribution < -0.4 is 16.0 Å². The van der Waals surface area contributed by atoms with Gasteiger partial charge in [-0.25, -0.2) is 0 Å². The average Bonchev–Trinajstić information content (AvgIpc) is 3.68. The summed E-state index contributed by atoms with van der Waals surface area (Å²) in [5.74, 6) is -8.66. The lowest BCUT2D eigenvalue weighted by atomic mass is 9.94. The van der Waals surface area contributed by atoms with E-state index in [0.29, 0.717) is 44.3 Å². The summed E-state index contributed by atoms with van der Waals surface area (Å²) >= 11 is 0. The molecule has 1 aromatic rings. The van der Waals surface area contributed by atoms with Crippen LogP contribution in [0.5, 0.6) is 0 Å². The van der Waals surface area contributed by atoms with E-state index in [0.717, 1.165) is 16.2 Å². The maximum Gasteiger partial charge on any atom is 0.248 e. The van der Waals surface area contributed by atoms with Crippen molar-refractivity contribution in [3.8, 4) is 0 Å². The number of rotatable bonds is 14. The number of carbonyl (C=O) groups is 11. The Morgan fingerprint density at radius 2 is 1.16 bits per heavy atom. The molecule has 24 nitrogen and oxygen atoms in total. The Balaban J connectivity index is 2.35. The Kier molecular flexibility index (Phi) is 29.5. The fourth-order valence-electron chi connectivity index (χ4n) is 11.0. The molecule has 496 valence electrons. The number of ether oxygens (including phenoxy) is 1. The number of carbonyl (C=O) groups excluding carboxylic acids is 11. The van der Waals surface area contributed by atoms with Crippen LogP contribution in [-0.2, 0) is 63.9 Å². The van der Waals surface area contributed by atoms with Crippen LogP contribution in [0.4, 0.5) is 0 Å². The second-order valence-electron chi connectivity index (χ2n) is 26.1. The van der Waals surface area contributed by atoms with Crippen LogP contribution >= 0.6 is 0 Å². The number of hydrogen-bond donors (Lipinski definition) is 4. The van der Waals surface area contributed by atoms with Gasteiger partial charge in [0.1, 0.15) is 54.4 Å². The van der Waals surface area contributed by atoms with Crippen LogP contribution in [0, 0.1) is 17.8 Å². The molecule has 0 bridgehead atoms. The lowest BCUT2D eigenvalue weighted by molar-refractivity contribution is -0.154. The molecule has 0 aromatic heterocycles. The van der Waals surface area contributed by atoms with E-state index in [1.165, 1.54) is 87.6 Å². The maximum atomic E-state index is 15.1. The molecule has 24 heteroatoms. The Morgan fingerprint density at radius 3 is 1.68 bits per heavy atom. The van der Waals surface area contributed by atoms with E-state index in [1.54, 1.807) is 62.9 Å².